The quantitative estimate of drug-likeness (QED) is 0.488. The molecule has 2 aliphatic rings. The first-order valence-corrected chi connectivity index (χ1v) is 14.0. The SMILES string of the molecule is CC(=O)Nc1ccc2c(c1)[Si](C)(C)C1=CC(=N)C=CC1C2c1ccccc1C.O=C(O)C(F)(F)F. The summed E-state index contributed by atoms with van der Waals surface area (Å²) >= 11 is 0. The van der Waals surface area contributed by atoms with E-state index in [9.17, 15) is 18.0 Å². The average Bonchev–Trinajstić information content (AvgIpc) is 2.75. The average molecular weight is 501 g/mol. The number of benzene rings is 2. The van der Waals surface area contributed by atoms with Crippen LogP contribution in [-0.2, 0) is 9.59 Å². The predicted octanol–water partition coefficient (Wildman–Crippen LogP) is 5.32. The molecule has 0 spiro atoms. The molecule has 4 rings (SSSR count). The number of alkyl halides is 3. The van der Waals surface area contributed by atoms with Gasteiger partial charge in [0.1, 0.15) is 8.07 Å². The van der Waals surface area contributed by atoms with Gasteiger partial charge in [0.25, 0.3) is 0 Å². The molecule has 2 unspecified atom stereocenters. The van der Waals surface area contributed by atoms with Crippen LogP contribution in [-0.4, -0.2) is 36.9 Å². The molecule has 2 aromatic carbocycles. The zero-order valence-corrected chi connectivity index (χ0v) is 20.8. The van der Waals surface area contributed by atoms with Crippen molar-refractivity contribution in [2.24, 2.45) is 5.92 Å². The highest BCUT2D eigenvalue weighted by Crippen LogP contribution is 2.46. The van der Waals surface area contributed by atoms with Crippen molar-refractivity contribution in [1.29, 1.82) is 5.41 Å². The summed E-state index contributed by atoms with van der Waals surface area (Å²) in [5.74, 6) is -2.28. The number of nitrogens with one attached hydrogen (secondary N) is 2. The molecule has 1 aliphatic carbocycles. The number of amides is 1. The van der Waals surface area contributed by atoms with Gasteiger partial charge in [-0.1, -0.05) is 54.7 Å². The molecule has 0 saturated heterocycles. The molecule has 2 atom stereocenters. The zero-order chi connectivity index (χ0) is 26.1. The minimum Gasteiger partial charge on any atom is -0.475 e. The van der Waals surface area contributed by atoms with Gasteiger partial charge < -0.3 is 15.8 Å². The van der Waals surface area contributed by atoms with Crippen LogP contribution in [0.5, 0.6) is 0 Å². The number of carbonyl (C=O) groups excluding carboxylic acids is 1. The lowest BCUT2D eigenvalue weighted by atomic mass is 9.76. The summed E-state index contributed by atoms with van der Waals surface area (Å²) < 4.78 is 31.7. The molecule has 0 fully saturated rings. The maximum absolute atomic E-state index is 11.6. The van der Waals surface area contributed by atoms with Crippen LogP contribution in [0.4, 0.5) is 18.9 Å². The summed E-state index contributed by atoms with van der Waals surface area (Å²) in [5, 5.41) is 21.1. The molecule has 184 valence electrons. The molecule has 0 bridgehead atoms. The Morgan fingerprint density at radius 3 is 2.29 bits per heavy atom. The number of aliphatic carboxylic acids is 1. The third-order valence-electron chi connectivity index (χ3n) is 6.38. The van der Waals surface area contributed by atoms with Crippen molar-refractivity contribution in [3.63, 3.8) is 0 Å². The van der Waals surface area contributed by atoms with Crippen LogP contribution in [0.1, 0.15) is 29.5 Å². The molecule has 5 nitrogen and oxygen atoms in total. The minimum atomic E-state index is -5.08. The zero-order valence-electron chi connectivity index (χ0n) is 19.8. The predicted molar refractivity (Wildman–Crippen MR) is 133 cm³/mol. The molecule has 2 aromatic rings. The molecule has 0 saturated carbocycles. The van der Waals surface area contributed by atoms with Gasteiger partial charge in [-0.3, -0.25) is 4.79 Å². The van der Waals surface area contributed by atoms with Gasteiger partial charge >= 0.3 is 12.1 Å². The number of aryl methyl sites for hydroxylation is 1. The van der Waals surface area contributed by atoms with Gasteiger partial charge in [-0.15, -0.1) is 0 Å². The van der Waals surface area contributed by atoms with Crippen LogP contribution in [0.3, 0.4) is 0 Å². The second-order valence-electron chi connectivity index (χ2n) is 9.19. The molecule has 1 aliphatic heterocycles. The Kier molecular flexibility index (Phi) is 7.21. The fraction of sp³-hybridized carbons (Fsp3) is 0.269. The number of fused-ring (bicyclic) bond motifs is 2. The van der Waals surface area contributed by atoms with Crippen LogP contribution < -0.4 is 10.5 Å². The molecule has 35 heavy (non-hydrogen) atoms. The van der Waals surface area contributed by atoms with E-state index in [1.807, 2.05) is 12.1 Å². The lowest BCUT2D eigenvalue weighted by Crippen LogP contribution is -2.54. The molecule has 0 radical (unpaired) electrons. The van der Waals surface area contributed by atoms with Crippen LogP contribution in [0.25, 0.3) is 0 Å². The summed E-state index contributed by atoms with van der Waals surface area (Å²) in [6, 6.07) is 15.0. The largest absolute Gasteiger partial charge is 0.490 e. The van der Waals surface area contributed by atoms with Crippen LogP contribution >= 0.6 is 0 Å². The third kappa shape index (κ3) is 5.45. The van der Waals surface area contributed by atoms with E-state index in [2.05, 4.69) is 73.9 Å². The van der Waals surface area contributed by atoms with E-state index >= 15 is 0 Å². The summed E-state index contributed by atoms with van der Waals surface area (Å²) in [4.78, 5) is 20.5. The van der Waals surface area contributed by atoms with E-state index in [1.165, 1.54) is 27.1 Å². The Morgan fingerprint density at radius 1 is 1.09 bits per heavy atom. The summed E-state index contributed by atoms with van der Waals surface area (Å²) in [6.07, 6.45) is 1.19. The summed E-state index contributed by atoms with van der Waals surface area (Å²) in [6.45, 7) is 8.45. The first-order chi connectivity index (χ1) is 16.2. The number of allylic oxidation sites excluding steroid dienone is 4. The highest BCUT2D eigenvalue weighted by atomic mass is 28.3. The highest BCUT2D eigenvalue weighted by Gasteiger charge is 2.45. The van der Waals surface area contributed by atoms with Crippen molar-refractivity contribution in [2.45, 2.75) is 39.0 Å². The van der Waals surface area contributed by atoms with Gasteiger partial charge in [0, 0.05) is 24.4 Å². The number of carbonyl (C=O) groups is 2. The molecule has 1 heterocycles. The van der Waals surface area contributed by atoms with Crippen molar-refractivity contribution in [1.82, 2.24) is 0 Å². The molecule has 9 heteroatoms. The van der Waals surface area contributed by atoms with Gasteiger partial charge in [-0.2, -0.15) is 13.2 Å². The second-order valence-corrected chi connectivity index (χ2v) is 13.6. The van der Waals surface area contributed by atoms with Gasteiger partial charge in [0.15, 0.2) is 0 Å². The molecular weight excluding hydrogens is 473 g/mol. The highest BCUT2D eigenvalue weighted by molar-refractivity contribution is 6.96. The normalized spacial score (nSPS) is 20.0. The number of carboxylic acids is 1. The smallest absolute Gasteiger partial charge is 0.475 e. The minimum absolute atomic E-state index is 0.0508. The Hall–Kier alpha value is -3.46. The van der Waals surface area contributed by atoms with Crippen LogP contribution in [0.15, 0.2) is 65.9 Å². The van der Waals surface area contributed by atoms with Crippen LogP contribution in [0, 0.1) is 18.3 Å². The van der Waals surface area contributed by atoms with Gasteiger partial charge in [-0.25, -0.2) is 4.79 Å². The topological polar surface area (TPSA) is 90.3 Å². The Balaban J connectivity index is 0.000000429. The first-order valence-electron chi connectivity index (χ1n) is 11.0. The van der Waals surface area contributed by atoms with Crippen molar-refractivity contribution >= 4 is 36.5 Å². The molecule has 1 amide bonds. The fourth-order valence-corrected chi connectivity index (χ4v) is 8.21. The van der Waals surface area contributed by atoms with E-state index in [1.54, 1.807) is 6.92 Å². The van der Waals surface area contributed by atoms with E-state index in [-0.39, 0.29) is 17.7 Å². The number of rotatable bonds is 2. The van der Waals surface area contributed by atoms with E-state index < -0.39 is 20.2 Å². The third-order valence-corrected chi connectivity index (χ3v) is 10.1. The Bertz CT molecular complexity index is 1250. The van der Waals surface area contributed by atoms with Crippen molar-refractivity contribution < 1.29 is 27.9 Å². The standard InChI is InChI=1S/C24H26N2OSi.C2HF3O2/c1-15-7-5-6-8-19(15)24-20-11-9-17(25)13-22(20)28(3,4)23-14-18(26-16(2)27)10-12-21(23)24;3-2(4,5)1(6)7/h5-14,20,24-25H,1-4H3,(H,26,27);(H,6,7). The van der Waals surface area contributed by atoms with Crippen molar-refractivity contribution in [2.75, 3.05) is 5.32 Å². The number of hydrogen-bond donors (Lipinski definition) is 3. The fourth-order valence-electron chi connectivity index (χ4n) is 4.81. The number of hydrogen-bond acceptors (Lipinski definition) is 3. The van der Waals surface area contributed by atoms with Crippen LogP contribution in [0.2, 0.25) is 13.1 Å². The number of anilines is 1. The first kappa shape index (κ1) is 26.1. The van der Waals surface area contributed by atoms with Crippen molar-refractivity contribution in [3.8, 4) is 0 Å². The maximum atomic E-state index is 11.6. The maximum Gasteiger partial charge on any atom is 0.490 e. The molecule has 3 N–H and O–H groups in total. The van der Waals surface area contributed by atoms with E-state index in [4.69, 9.17) is 15.3 Å². The van der Waals surface area contributed by atoms with Gasteiger partial charge in [0.05, 0.1) is 5.71 Å². The lowest BCUT2D eigenvalue weighted by molar-refractivity contribution is -0.192. The molecular formula is C26H27F3N2O3Si. The number of carboxylic acid groups (broad SMARTS) is 1. The second kappa shape index (κ2) is 9.65. The van der Waals surface area contributed by atoms with Crippen molar-refractivity contribution in [3.05, 3.63) is 82.6 Å². The number of halogens is 3. The lowest BCUT2D eigenvalue weighted by Gasteiger charge is -2.45. The van der Waals surface area contributed by atoms with Gasteiger partial charge in [-0.05, 0) is 53.1 Å². The molecule has 0 aromatic heterocycles. The van der Waals surface area contributed by atoms with Gasteiger partial charge in [0.2, 0.25) is 5.91 Å². The summed E-state index contributed by atoms with van der Waals surface area (Å²) in [7, 11) is -1.97. The van der Waals surface area contributed by atoms with E-state index in [0.29, 0.717) is 5.71 Å². The van der Waals surface area contributed by atoms with E-state index in [0.717, 1.165) is 5.69 Å². The monoisotopic (exact) mass is 500 g/mol. The summed E-state index contributed by atoms with van der Waals surface area (Å²) in [5.41, 5.74) is 5.43. The Labute approximate surface area is 202 Å². The Morgan fingerprint density at radius 2 is 1.71 bits per heavy atom.